The Morgan fingerprint density at radius 1 is 1.30 bits per heavy atom. The molecule has 4 rings (SSSR count). The van der Waals surface area contributed by atoms with Gasteiger partial charge in [0.2, 0.25) is 23.5 Å². The number of amides is 2. The molecule has 0 aliphatic carbocycles. The summed E-state index contributed by atoms with van der Waals surface area (Å²) in [5, 5.41) is 6.62. The van der Waals surface area contributed by atoms with Crippen LogP contribution in [-0.4, -0.2) is 33.1 Å². The van der Waals surface area contributed by atoms with Gasteiger partial charge in [0.25, 0.3) is 0 Å². The second-order valence-electron chi connectivity index (χ2n) is 6.91. The lowest BCUT2D eigenvalue weighted by molar-refractivity contribution is -0.126. The van der Waals surface area contributed by atoms with E-state index in [-0.39, 0.29) is 42.9 Å². The first-order chi connectivity index (χ1) is 14.5. The van der Waals surface area contributed by atoms with Gasteiger partial charge in [-0.05, 0) is 31.2 Å². The van der Waals surface area contributed by atoms with Crippen LogP contribution < -0.4 is 10.2 Å². The van der Waals surface area contributed by atoms with E-state index in [0.29, 0.717) is 5.82 Å². The largest absolute Gasteiger partial charge is 0.347 e. The van der Waals surface area contributed by atoms with Gasteiger partial charge in [0.15, 0.2) is 11.6 Å². The molecule has 2 amide bonds. The van der Waals surface area contributed by atoms with Crippen LogP contribution in [0.25, 0.3) is 11.5 Å². The van der Waals surface area contributed by atoms with Gasteiger partial charge in [-0.15, -0.1) is 0 Å². The van der Waals surface area contributed by atoms with Crippen LogP contribution in [0.1, 0.15) is 19.2 Å². The highest BCUT2D eigenvalue weighted by molar-refractivity contribution is 6.00. The van der Waals surface area contributed by atoms with E-state index in [1.165, 1.54) is 11.0 Å². The third-order valence-electron chi connectivity index (χ3n) is 4.99. The summed E-state index contributed by atoms with van der Waals surface area (Å²) < 4.78 is 33.7. The zero-order valence-electron chi connectivity index (χ0n) is 16.1. The van der Waals surface area contributed by atoms with Crippen molar-refractivity contribution in [3.8, 4) is 11.5 Å². The maximum atomic E-state index is 13.5. The fraction of sp³-hybridized carbons (Fsp3) is 0.300. The minimum atomic E-state index is -1.05. The first kappa shape index (κ1) is 19.7. The van der Waals surface area contributed by atoms with Gasteiger partial charge < -0.3 is 19.3 Å². The molecular weight excluding hydrogens is 396 g/mol. The lowest BCUT2D eigenvalue weighted by Gasteiger charge is -2.16. The van der Waals surface area contributed by atoms with Crippen molar-refractivity contribution in [1.29, 1.82) is 0 Å². The minimum absolute atomic E-state index is 0.0224. The van der Waals surface area contributed by atoms with Crippen LogP contribution in [-0.2, 0) is 22.7 Å². The molecule has 1 fully saturated rings. The first-order valence-corrected chi connectivity index (χ1v) is 9.47. The van der Waals surface area contributed by atoms with Gasteiger partial charge in [0, 0.05) is 37.5 Å². The number of anilines is 1. The zero-order valence-corrected chi connectivity index (χ0v) is 16.1. The summed E-state index contributed by atoms with van der Waals surface area (Å²) in [6.07, 6.45) is 1.88. The molecule has 0 bridgehead atoms. The van der Waals surface area contributed by atoms with Crippen molar-refractivity contribution in [2.75, 3.05) is 11.4 Å². The molecule has 0 spiro atoms. The normalized spacial score (nSPS) is 16.3. The maximum absolute atomic E-state index is 13.5. The van der Waals surface area contributed by atoms with E-state index in [4.69, 9.17) is 4.52 Å². The van der Waals surface area contributed by atoms with Crippen molar-refractivity contribution in [3.63, 3.8) is 0 Å². The van der Waals surface area contributed by atoms with E-state index in [1.807, 2.05) is 29.8 Å². The van der Waals surface area contributed by atoms with Gasteiger partial charge in [-0.2, -0.15) is 4.98 Å². The van der Waals surface area contributed by atoms with Crippen molar-refractivity contribution >= 4 is 17.5 Å². The Labute approximate surface area is 170 Å². The average Bonchev–Trinajstić information content (AvgIpc) is 3.47. The summed E-state index contributed by atoms with van der Waals surface area (Å²) in [4.78, 5) is 30.3. The van der Waals surface area contributed by atoms with Crippen molar-refractivity contribution in [3.05, 3.63) is 54.1 Å². The second-order valence-corrected chi connectivity index (χ2v) is 6.91. The van der Waals surface area contributed by atoms with E-state index < -0.39 is 17.6 Å². The Bertz CT molecular complexity index is 1090. The number of aromatic nitrogens is 3. The molecule has 1 atom stereocenters. The number of nitrogens with zero attached hydrogens (tertiary/aromatic N) is 4. The third kappa shape index (κ3) is 3.80. The van der Waals surface area contributed by atoms with E-state index in [2.05, 4.69) is 15.5 Å². The maximum Gasteiger partial charge on any atom is 0.246 e. The number of hydrogen-bond acceptors (Lipinski definition) is 5. The Kier molecular flexibility index (Phi) is 5.30. The van der Waals surface area contributed by atoms with Crippen LogP contribution in [0.3, 0.4) is 0 Å². The van der Waals surface area contributed by atoms with Crippen molar-refractivity contribution in [2.24, 2.45) is 5.92 Å². The van der Waals surface area contributed by atoms with Crippen LogP contribution in [0.2, 0.25) is 0 Å². The predicted octanol–water partition coefficient (Wildman–Crippen LogP) is 2.51. The molecule has 8 nitrogen and oxygen atoms in total. The Morgan fingerprint density at radius 2 is 2.13 bits per heavy atom. The van der Waals surface area contributed by atoms with Crippen molar-refractivity contribution in [2.45, 2.75) is 26.4 Å². The number of nitrogens with one attached hydrogen (secondary N) is 1. The fourth-order valence-corrected chi connectivity index (χ4v) is 3.42. The van der Waals surface area contributed by atoms with E-state index >= 15 is 0 Å². The molecule has 1 aromatic carbocycles. The number of rotatable bonds is 6. The van der Waals surface area contributed by atoms with E-state index in [0.717, 1.165) is 24.4 Å². The number of benzene rings is 1. The molecule has 3 aromatic rings. The highest BCUT2D eigenvalue weighted by atomic mass is 19.2. The highest BCUT2D eigenvalue weighted by Crippen LogP contribution is 2.26. The fourth-order valence-electron chi connectivity index (χ4n) is 3.42. The summed E-state index contributed by atoms with van der Waals surface area (Å²) in [6, 6.07) is 6.95. The zero-order chi connectivity index (χ0) is 21.3. The van der Waals surface area contributed by atoms with Gasteiger partial charge >= 0.3 is 0 Å². The Balaban J connectivity index is 1.37. The van der Waals surface area contributed by atoms with Gasteiger partial charge in [0.05, 0.1) is 18.2 Å². The summed E-state index contributed by atoms with van der Waals surface area (Å²) >= 11 is 0. The highest BCUT2D eigenvalue weighted by Gasteiger charge is 2.35. The quantitative estimate of drug-likeness (QED) is 0.668. The van der Waals surface area contributed by atoms with Gasteiger partial charge in [-0.3, -0.25) is 9.59 Å². The number of hydrogen-bond donors (Lipinski definition) is 1. The summed E-state index contributed by atoms with van der Waals surface area (Å²) in [6.45, 7) is 2.85. The van der Waals surface area contributed by atoms with E-state index in [9.17, 15) is 18.4 Å². The number of carbonyl (C=O) groups is 2. The topological polar surface area (TPSA) is 93.3 Å². The van der Waals surface area contributed by atoms with E-state index in [1.54, 1.807) is 0 Å². The molecule has 1 aliphatic rings. The predicted molar refractivity (Wildman–Crippen MR) is 102 cm³/mol. The molecule has 156 valence electrons. The Morgan fingerprint density at radius 3 is 2.90 bits per heavy atom. The number of carbonyl (C=O) groups excluding carboxylic acids is 2. The van der Waals surface area contributed by atoms with Gasteiger partial charge in [0.1, 0.15) is 0 Å². The molecule has 10 heteroatoms. The molecule has 1 saturated heterocycles. The monoisotopic (exact) mass is 415 g/mol. The summed E-state index contributed by atoms with van der Waals surface area (Å²) in [5.41, 5.74) is 1.03. The molecule has 3 heterocycles. The lowest BCUT2D eigenvalue weighted by Crippen LogP contribution is -2.32. The standard InChI is InChI=1S/C20H19F2N5O3/c1-2-26-7-3-4-16(26)19-24-17(30-25-19)10-23-20(29)12-8-18(28)27(11-12)13-5-6-14(21)15(22)9-13/h3-7,9,12H,2,8,10-11H2,1H3,(H,23,29). The second kappa shape index (κ2) is 8.05. The minimum Gasteiger partial charge on any atom is -0.347 e. The Hall–Kier alpha value is -3.56. The molecular formula is C20H19F2N5O3. The molecule has 2 aromatic heterocycles. The van der Waals surface area contributed by atoms with Crippen molar-refractivity contribution < 1.29 is 22.9 Å². The molecule has 30 heavy (non-hydrogen) atoms. The summed E-state index contributed by atoms with van der Waals surface area (Å²) in [5.74, 6) is -2.69. The molecule has 1 N–H and O–H groups in total. The van der Waals surface area contributed by atoms with Crippen LogP contribution >= 0.6 is 0 Å². The molecule has 0 radical (unpaired) electrons. The summed E-state index contributed by atoms with van der Waals surface area (Å²) in [7, 11) is 0. The average molecular weight is 415 g/mol. The van der Waals surface area contributed by atoms with Crippen LogP contribution in [0, 0.1) is 17.6 Å². The van der Waals surface area contributed by atoms with Gasteiger partial charge in [-0.1, -0.05) is 5.16 Å². The molecule has 1 unspecified atom stereocenters. The third-order valence-corrected chi connectivity index (χ3v) is 4.99. The number of aryl methyl sites for hydroxylation is 1. The van der Waals surface area contributed by atoms with Crippen LogP contribution in [0.5, 0.6) is 0 Å². The van der Waals surface area contributed by atoms with Crippen LogP contribution in [0.15, 0.2) is 41.1 Å². The molecule has 1 aliphatic heterocycles. The molecule has 0 saturated carbocycles. The van der Waals surface area contributed by atoms with Crippen LogP contribution in [0.4, 0.5) is 14.5 Å². The lowest BCUT2D eigenvalue weighted by atomic mass is 10.1. The number of halogens is 2. The SMILES string of the molecule is CCn1cccc1-c1noc(CNC(=O)C2CC(=O)N(c3ccc(F)c(F)c3)C2)n1. The smallest absolute Gasteiger partial charge is 0.246 e. The van der Waals surface area contributed by atoms with Gasteiger partial charge in [-0.25, -0.2) is 8.78 Å². The first-order valence-electron chi connectivity index (χ1n) is 9.47. The van der Waals surface area contributed by atoms with Crippen molar-refractivity contribution in [1.82, 2.24) is 20.0 Å².